The first-order valence-corrected chi connectivity index (χ1v) is 4.88. The molecule has 1 atom stereocenters. The predicted molar refractivity (Wildman–Crippen MR) is 55.3 cm³/mol. The van der Waals surface area contributed by atoms with Crippen LogP contribution in [0.15, 0.2) is 24.3 Å². The number of fused-ring (bicyclic) bond motifs is 1. The molecule has 5 nitrogen and oxygen atoms in total. The van der Waals surface area contributed by atoms with Crippen molar-refractivity contribution >= 4 is 11.9 Å². The summed E-state index contributed by atoms with van der Waals surface area (Å²) in [6.07, 6.45) is -1.41. The van der Waals surface area contributed by atoms with Gasteiger partial charge in [-0.05, 0) is 12.1 Å². The lowest BCUT2D eigenvalue weighted by Gasteiger charge is -2.24. The molecule has 0 aromatic heterocycles. The lowest BCUT2D eigenvalue weighted by atomic mass is 10.0. The number of ketones is 1. The monoisotopic (exact) mass is 221 g/mol. The average Bonchev–Trinajstić information content (AvgIpc) is 2.29. The summed E-state index contributed by atoms with van der Waals surface area (Å²) in [7, 11) is 1.45. The van der Waals surface area contributed by atoms with Gasteiger partial charge in [0.15, 0.2) is 5.78 Å². The summed E-state index contributed by atoms with van der Waals surface area (Å²) in [4.78, 5) is 22.6. The van der Waals surface area contributed by atoms with Gasteiger partial charge in [0.1, 0.15) is 5.75 Å². The lowest BCUT2D eigenvalue weighted by Crippen LogP contribution is -2.34. The van der Waals surface area contributed by atoms with E-state index in [0.717, 1.165) is 0 Å². The molecule has 0 aliphatic carbocycles. The first-order valence-electron chi connectivity index (χ1n) is 4.88. The number of hydrogen-bond donors (Lipinski definition) is 1. The fourth-order valence-corrected chi connectivity index (χ4v) is 1.49. The molecule has 1 amide bonds. The van der Waals surface area contributed by atoms with Crippen molar-refractivity contribution in [2.24, 2.45) is 0 Å². The second-order valence-electron chi connectivity index (χ2n) is 3.33. The van der Waals surface area contributed by atoms with Crippen molar-refractivity contribution in [1.82, 2.24) is 5.32 Å². The number of alkyl carbamates (subject to hydrolysis) is 1. The molecule has 1 heterocycles. The van der Waals surface area contributed by atoms with Gasteiger partial charge in [0.2, 0.25) is 0 Å². The Balaban J connectivity index is 2.15. The number of rotatable bonds is 1. The average molecular weight is 221 g/mol. The standard InChI is InChI=1S/C11H11NO4/c1-12-11(14)16-10-6-8(13)7-4-2-3-5-9(7)15-10/h2-5,10H,6H2,1H3,(H,12,14). The molecule has 16 heavy (non-hydrogen) atoms. The summed E-state index contributed by atoms with van der Waals surface area (Å²) in [6, 6.07) is 6.88. The second kappa shape index (κ2) is 4.22. The van der Waals surface area contributed by atoms with Gasteiger partial charge in [-0.2, -0.15) is 0 Å². The van der Waals surface area contributed by atoms with Gasteiger partial charge in [0.05, 0.1) is 12.0 Å². The Morgan fingerprint density at radius 3 is 3.00 bits per heavy atom. The lowest BCUT2D eigenvalue weighted by molar-refractivity contribution is -0.0369. The first kappa shape index (κ1) is 10.5. The number of para-hydroxylation sites is 1. The maximum absolute atomic E-state index is 11.7. The zero-order valence-electron chi connectivity index (χ0n) is 8.73. The minimum absolute atomic E-state index is 0.0461. The molecule has 0 bridgehead atoms. The van der Waals surface area contributed by atoms with Gasteiger partial charge in [0.25, 0.3) is 6.29 Å². The summed E-state index contributed by atoms with van der Waals surface area (Å²) in [5.74, 6) is 0.364. The number of carbonyl (C=O) groups excluding carboxylic acids is 2. The van der Waals surface area contributed by atoms with Crippen molar-refractivity contribution in [2.45, 2.75) is 12.7 Å². The molecule has 0 saturated carbocycles. The van der Waals surface area contributed by atoms with Gasteiger partial charge < -0.3 is 14.8 Å². The Bertz CT molecular complexity index is 430. The molecule has 1 aliphatic heterocycles. The minimum atomic E-state index is -0.845. The molecule has 2 rings (SSSR count). The van der Waals surface area contributed by atoms with Gasteiger partial charge in [-0.25, -0.2) is 4.79 Å². The molecule has 5 heteroatoms. The molecule has 1 aromatic rings. The van der Waals surface area contributed by atoms with Crippen LogP contribution in [0.4, 0.5) is 4.79 Å². The number of amides is 1. The summed E-state index contributed by atoms with van der Waals surface area (Å²) in [5.41, 5.74) is 0.527. The van der Waals surface area contributed by atoms with E-state index in [1.165, 1.54) is 7.05 Å². The highest BCUT2D eigenvalue weighted by Crippen LogP contribution is 2.27. The number of hydrogen-bond acceptors (Lipinski definition) is 4. The van der Waals surface area contributed by atoms with Crippen LogP contribution in [0.1, 0.15) is 16.8 Å². The molecule has 1 N–H and O–H groups in total. The number of carbonyl (C=O) groups is 2. The third-order valence-electron chi connectivity index (χ3n) is 2.24. The quantitative estimate of drug-likeness (QED) is 0.777. The second-order valence-corrected chi connectivity index (χ2v) is 3.33. The maximum Gasteiger partial charge on any atom is 0.409 e. The smallest absolute Gasteiger partial charge is 0.409 e. The van der Waals surface area contributed by atoms with E-state index in [9.17, 15) is 9.59 Å². The molecule has 0 spiro atoms. The van der Waals surface area contributed by atoms with Crippen molar-refractivity contribution in [3.05, 3.63) is 29.8 Å². The molecular formula is C11H11NO4. The highest BCUT2D eigenvalue weighted by Gasteiger charge is 2.28. The van der Waals surface area contributed by atoms with E-state index in [-0.39, 0.29) is 12.2 Å². The van der Waals surface area contributed by atoms with Crippen LogP contribution in [-0.4, -0.2) is 25.2 Å². The van der Waals surface area contributed by atoms with Crippen LogP contribution in [0.25, 0.3) is 0 Å². The number of nitrogens with one attached hydrogen (secondary N) is 1. The van der Waals surface area contributed by atoms with E-state index in [1.54, 1.807) is 24.3 Å². The summed E-state index contributed by atoms with van der Waals surface area (Å²) in [5, 5.41) is 2.30. The Hall–Kier alpha value is -2.04. The van der Waals surface area contributed by atoms with Gasteiger partial charge >= 0.3 is 6.09 Å². The molecular weight excluding hydrogens is 210 g/mol. The van der Waals surface area contributed by atoms with E-state index >= 15 is 0 Å². The summed E-state index contributed by atoms with van der Waals surface area (Å²) < 4.78 is 10.2. The highest BCUT2D eigenvalue weighted by molar-refractivity contribution is 5.99. The van der Waals surface area contributed by atoms with E-state index in [4.69, 9.17) is 9.47 Å². The largest absolute Gasteiger partial charge is 0.453 e. The van der Waals surface area contributed by atoms with Gasteiger partial charge in [-0.15, -0.1) is 0 Å². The van der Waals surface area contributed by atoms with E-state index in [0.29, 0.717) is 11.3 Å². The van der Waals surface area contributed by atoms with Crippen molar-refractivity contribution in [3.63, 3.8) is 0 Å². The Morgan fingerprint density at radius 2 is 2.25 bits per heavy atom. The van der Waals surface area contributed by atoms with Crippen LogP contribution in [0.3, 0.4) is 0 Å². The van der Waals surface area contributed by atoms with Crippen LogP contribution in [0.5, 0.6) is 5.75 Å². The highest BCUT2D eigenvalue weighted by atomic mass is 16.7. The molecule has 0 saturated heterocycles. The molecule has 0 radical (unpaired) electrons. The first-order chi connectivity index (χ1) is 7.70. The van der Waals surface area contributed by atoms with E-state index in [1.807, 2.05) is 0 Å². The summed E-state index contributed by atoms with van der Waals surface area (Å²) >= 11 is 0. The van der Waals surface area contributed by atoms with Crippen LogP contribution in [-0.2, 0) is 4.74 Å². The maximum atomic E-state index is 11.7. The van der Waals surface area contributed by atoms with Crippen LogP contribution in [0, 0.1) is 0 Å². The fourth-order valence-electron chi connectivity index (χ4n) is 1.49. The van der Waals surface area contributed by atoms with Crippen LogP contribution >= 0.6 is 0 Å². The zero-order valence-corrected chi connectivity index (χ0v) is 8.73. The van der Waals surface area contributed by atoms with E-state index in [2.05, 4.69) is 5.32 Å². The Kier molecular flexibility index (Phi) is 2.76. The van der Waals surface area contributed by atoms with Crippen LogP contribution in [0.2, 0.25) is 0 Å². The fraction of sp³-hybridized carbons (Fsp3) is 0.273. The molecule has 84 valence electrons. The Morgan fingerprint density at radius 1 is 1.50 bits per heavy atom. The topological polar surface area (TPSA) is 64.6 Å². The Labute approximate surface area is 92.4 Å². The predicted octanol–water partition coefficient (Wildman–Crippen LogP) is 1.33. The zero-order chi connectivity index (χ0) is 11.5. The minimum Gasteiger partial charge on any atom is -0.453 e. The van der Waals surface area contributed by atoms with Gasteiger partial charge in [-0.3, -0.25) is 4.79 Å². The van der Waals surface area contributed by atoms with Crippen LogP contribution < -0.4 is 10.1 Å². The normalized spacial score (nSPS) is 18.3. The number of benzene rings is 1. The molecule has 0 fully saturated rings. The molecule has 1 unspecified atom stereocenters. The third-order valence-corrected chi connectivity index (χ3v) is 2.24. The summed E-state index contributed by atoms with van der Waals surface area (Å²) in [6.45, 7) is 0. The van der Waals surface area contributed by atoms with Crippen molar-refractivity contribution in [1.29, 1.82) is 0 Å². The molecule has 1 aromatic carbocycles. The van der Waals surface area contributed by atoms with Gasteiger partial charge in [-0.1, -0.05) is 12.1 Å². The SMILES string of the molecule is CNC(=O)OC1CC(=O)c2ccccc2O1. The van der Waals surface area contributed by atoms with Gasteiger partial charge in [0, 0.05) is 7.05 Å². The van der Waals surface area contributed by atoms with E-state index < -0.39 is 12.4 Å². The third kappa shape index (κ3) is 1.98. The number of Topliss-reactive ketones (excluding diaryl/α,β-unsaturated/α-hetero) is 1. The number of ether oxygens (including phenoxy) is 2. The van der Waals surface area contributed by atoms with Crippen molar-refractivity contribution < 1.29 is 19.1 Å². The van der Waals surface area contributed by atoms with Crippen molar-refractivity contribution in [3.8, 4) is 5.75 Å². The van der Waals surface area contributed by atoms with Crippen molar-refractivity contribution in [2.75, 3.05) is 7.05 Å². The molecule has 1 aliphatic rings.